The molecule has 0 saturated heterocycles. The molecule has 1 fully saturated rings. The van der Waals surface area contributed by atoms with E-state index in [9.17, 15) is 4.79 Å². The maximum atomic E-state index is 12.0. The van der Waals surface area contributed by atoms with E-state index in [0.717, 1.165) is 0 Å². The molecule has 1 aliphatic rings. The molecule has 0 amide bonds. The molecule has 0 spiro atoms. The van der Waals surface area contributed by atoms with Gasteiger partial charge in [0.25, 0.3) is 0 Å². The number of carbonyl (C=O) groups excluding carboxylic acids is 1. The van der Waals surface area contributed by atoms with Crippen molar-refractivity contribution in [2.45, 2.75) is 53.4 Å². The van der Waals surface area contributed by atoms with Crippen molar-refractivity contribution in [1.82, 2.24) is 0 Å². The van der Waals surface area contributed by atoms with Crippen LogP contribution in [0.4, 0.5) is 0 Å². The summed E-state index contributed by atoms with van der Waals surface area (Å²) in [6.45, 7) is 8.20. The number of carbonyl (C=O) groups is 1. The summed E-state index contributed by atoms with van der Waals surface area (Å²) in [5, 5.41) is 0. The molecule has 0 bridgehead atoms. The minimum absolute atomic E-state index is 0.151. The lowest BCUT2D eigenvalue weighted by Crippen LogP contribution is -2.30. The highest BCUT2D eigenvalue weighted by molar-refractivity contribution is 5.85. The second-order valence-corrected chi connectivity index (χ2v) is 5.45. The maximum absolute atomic E-state index is 12.0. The van der Waals surface area contributed by atoms with Crippen LogP contribution in [0.2, 0.25) is 0 Å². The lowest BCUT2D eigenvalue weighted by Gasteiger charge is -2.25. The van der Waals surface area contributed by atoms with Crippen molar-refractivity contribution in [3.63, 3.8) is 0 Å². The third-order valence-electron chi connectivity index (χ3n) is 3.26. The van der Waals surface area contributed by atoms with Crippen molar-refractivity contribution in [2.24, 2.45) is 17.3 Å². The van der Waals surface area contributed by atoms with Gasteiger partial charge in [0.2, 0.25) is 0 Å². The monoisotopic (exact) mass is 182 g/mol. The van der Waals surface area contributed by atoms with E-state index >= 15 is 0 Å². The first kappa shape index (κ1) is 10.7. The van der Waals surface area contributed by atoms with Gasteiger partial charge in [0, 0.05) is 11.3 Å². The van der Waals surface area contributed by atoms with Gasteiger partial charge in [0.1, 0.15) is 5.78 Å². The molecule has 0 radical (unpaired) electrons. The first-order valence-corrected chi connectivity index (χ1v) is 5.47. The molecule has 1 aliphatic carbocycles. The summed E-state index contributed by atoms with van der Waals surface area (Å²) in [6.07, 6.45) is 5.19. The number of rotatable bonds is 2. The average molecular weight is 182 g/mol. The SMILES string of the molecule is CC(C(=O)C(C)(C)C)C1CCCC1. The molecule has 0 aliphatic heterocycles. The van der Waals surface area contributed by atoms with Crippen LogP contribution in [0.3, 0.4) is 0 Å². The maximum Gasteiger partial charge on any atom is 0.141 e. The molecule has 1 nitrogen and oxygen atoms in total. The van der Waals surface area contributed by atoms with E-state index in [1.807, 2.05) is 20.8 Å². The highest BCUT2D eigenvalue weighted by Crippen LogP contribution is 2.35. The largest absolute Gasteiger partial charge is 0.299 e. The Morgan fingerprint density at radius 2 is 1.69 bits per heavy atom. The highest BCUT2D eigenvalue weighted by Gasteiger charge is 2.32. The highest BCUT2D eigenvalue weighted by atomic mass is 16.1. The molecule has 13 heavy (non-hydrogen) atoms. The number of hydrogen-bond donors (Lipinski definition) is 0. The smallest absolute Gasteiger partial charge is 0.141 e. The lowest BCUT2D eigenvalue weighted by atomic mass is 9.77. The van der Waals surface area contributed by atoms with Gasteiger partial charge in [-0.1, -0.05) is 40.5 Å². The van der Waals surface area contributed by atoms with Gasteiger partial charge in [0.15, 0.2) is 0 Å². The van der Waals surface area contributed by atoms with E-state index in [-0.39, 0.29) is 11.3 Å². The summed E-state index contributed by atoms with van der Waals surface area (Å²) in [6, 6.07) is 0. The van der Waals surface area contributed by atoms with Crippen molar-refractivity contribution >= 4 is 5.78 Å². The van der Waals surface area contributed by atoms with Crippen LogP contribution in [0.5, 0.6) is 0 Å². The molecular weight excluding hydrogens is 160 g/mol. The zero-order valence-electron chi connectivity index (χ0n) is 9.39. The van der Waals surface area contributed by atoms with Gasteiger partial charge in [0.05, 0.1) is 0 Å². The Balaban J connectivity index is 2.56. The Morgan fingerprint density at radius 1 is 1.23 bits per heavy atom. The van der Waals surface area contributed by atoms with Gasteiger partial charge >= 0.3 is 0 Å². The fraction of sp³-hybridized carbons (Fsp3) is 0.917. The molecule has 0 aromatic rings. The van der Waals surface area contributed by atoms with Crippen LogP contribution in [0.25, 0.3) is 0 Å². The summed E-state index contributed by atoms with van der Waals surface area (Å²) in [5.41, 5.74) is -0.151. The first-order chi connectivity index (χ1) is 5.93. The van der Waals surface area contributed by atoms with Crippen LogP contribution in [-0.4, -0.2) is 5.78 Å². The van der Waals surface area contributed by atoms with Crippen molar-refractivity contribution in [3.8, 4) is 0 Å². The van der Waals surface area contributed by atoms with Gasteiger partial charge in [-0.15, -0.1) is 0 Å². The fourth-order valence-electron chi connectivity index (χ4n) is 2.35. The van der Waals surface area contributed by atoms with E-state index in [0.29, 0.717) is 11.7 Å². The Kier molecular flexibility index (Phi) is 3.15. The third-order valence-corrected chi connectivity index (χ3v) is 3.26. The predicted octanol–water partition coefficient (Wildman–Crippen LogP) is 3.43. The standard InChI is InChI=1S/C12H22O/c1-9(10-7-5-6-8-10)11(13)12(2,3)4/h9-10H,5-8H2,1-4H3. The predicted molar refractivity (Wildman–Crippen MR) is 55.6 cm³/mol. The molecular formula is C12H22O. The summed E-state index contributed by atoms with van der Waals surface area (Å²) < 4.78 is 0. The van der Waals surface area contributed by atoms with Crippen LogP contribution in [-0.2, 0) is 4.79 Å². The summed E-state index contributed by atoms with van der Waals surface area (Å²) in [4.78, 5) is 12.0. The van der Waals surface area contributed by atoms with Gasteiger partial charge < -0.3 is 0 Å². The third kappa shape index (κ3) is 2.55. The van der Waals surface area contributed by atoms with Crippen LogP contribution >= 0.6 is 0 Å². The Hall–Kier alpha value is -0.330. The number of ketones is 1. The minimum atomic E-state index is -0.151. The van der Waals surface area contributed by atoms with E-state index in [1.165, 1.54) is 25.7 Å². The Labute approximate surface area is 81.9 Å². The molecule has 0 heterocycles. The van der Waals surface area contributed by atoms with Gasteiger partial charge in [-0.2, -0.15) is 0 Å². The molecule has 1 saturated carbocycles. The molecule has 0 aromatic heterocycles. The number of hydrogen-bond acceptors (Lipinski definition) is 1. The second kappa shape index (κ2) is 3.81. The molecule has 1 unspecified atom stereocenters. The van der Waals surface area contributed by atoms with Crippen molar-refractivity contribution in [3.05, 3.63) is 0 Å². The van der Waals surface area contributed by atoms with Crippen LogP contribution in [0, 0.1) is 17.3 Å². The van der Waals surface area contributed by atoms with Crippen molar-refractivity contribution in [2.75, 3.05) is 0 Å². The van der Waals surface area contributed by atoms with E-state index < -0.39 is 0 Å². The summed E-state index contributed by atoms with van der Waals surface area (Å²) in [7, 11) is 0. The lowest BCUT2D eigenvalue weighted by molar-refractivity contribution is -0.131. The average Bonchev–Trinajstić information content (AvgIpc) is 2.51. The normalized spacial score (nSPS) is 21.8. The van der Waals surface area contributed by atoms with Crippen molar-refractivity contribution < 1.29 is 4.79 Å². The Bertz CT molecular complexity index is 182. The summed E-state index contributed by atoms with van der Waals surface area (Å²) in [5.74, 6) is 1.40. The van der Waals surface area contributed by atoms with Crippen LogP contribution in [0.1, 0.15) is 53.4 Å². The molecule has 0 aromatic carbocycles. The number of Topliss-reactive ketones (excluding diaryl/α,β-unsaturated/α-hetero) is 1. The van der Waals surface area contributed by atoms with E-state index in [2.05, 4.69) is 6.92 Å². The van der Waals surface area contributed by atoms with Gasteiger partial charge in [-0.05, 0) is 18.8 Å². The molecule has 1 rings (SSSR count). The zero-order valence-corrected chi connectivity index (χ0v) is 9.39. The van der Waals surface area contributed by atoms with Gasteiger partial charge in [-0.25, -0.2) is 0 Å². The quantitative estimate of drug-likeness (QED) is 0.639. The molecule has 0 N–H and O–H groups in total. The molecule has 76 valence electrons. The molecule has 1 heteroatoms. The Morgan fingerprint density at radius 3 is 2.08 bits per heavy atom. The van der Waals surface area contributed by atoms with Gasteiger partial charge in [-0.3, -0.25) is 4.79 Å². The van der Waals surface area contributed by atoms with E-state index in [1.54, 1.807) is 0 Å². The van der Waals surface area contributed by atoms with Crippen LogP contribution < -0.4 is 0 Å². The second-order valence-electron chi connectivity index (χ2n) is 5.45. The van der Waals surface area contributed by atoms with E-state index in [4.69, 9.17) is 0 Å². The van der Waals surface area contributed by atoms with Crippen molar-refractivity contribution in [1.29, 1.82) is 0 Å². The fourth-order valence-corrected chi connectivity index (χ4v) is 2.35. The topological polar surface area (TPSA) is 17.1 Å². The van der Waals surface area contributed by atoms with Crippen LogP contribution in [0.15, 0.2) is 0 Å². The zero-order chi connectivity index (χ0) is 10.1. The molecule has 1 atom stereocenters. The first-order valence-electron chi connectivity index (χ1n) is 5.47. The summed E-state index contributed by atoms with van der Waals surface area (Å²) >= 11 is 0. The minimum Gasteiger partial charge on any atom is -0.299 e.